The standard InChI is InChI=1S/C33H30O3/c1-4-31(27-9-8-12-30(22-27)36-29-10-6-5-7-11-29)33(28-17-13-23(2)24(3)21-28)26-18-14-25(15-19-26)16-20-32(34)35/h5-22H,4H2,1-3H3,(H,34,35)/b20-16+,33-31+. The second-order valence-electron chi connectivity index (χ2n) is 8.74. The zero-order valence-corrected chi connectivity index (χ0v) is 20.9. The molecule has 0 saturated heterocycles. The number of hydrogen-bond donors (Lipinski definition) is 1. The minimum Gasteiger partial charge on any atom is -0.478 e. The molecule has 0 radical (unpaired) electrons. The van der Waals surface area contributed by atoms with Crippen molar-refractivity contribution in [1.82, 2.24) is 0 Å². The van der Waals surface area contributed by atoms with Gasteiger partial charge in [-0.1, -0.05) is 79.7 Å². The van der Waals surface area contributed by atoms with Crippen LogP contribution in [0.25, 0.3) is 17.2 Å². The molecule has 0 aromatic heterocycles. The van der Waals surface area contributed by atoms with E-state index in [0.29, 0.717) is 0 Å². The average Bonchev–Trinajstić information content (AvgIpc) is 2.89. The van der Waals surface area contributed by atoms with E-state index in [1.54, 1.807) is 6.08 Å². The van der Waals surface area contributed by atoms with Crippen LogP contribution >= 0.6 is 0 Å². The molecule has 3 nitrogen and oxygen atoms in total. The lowest BCUT2D eigenvalue weighted by atomic mass is 9.87. The molecule has 1 N–H and O–H groups in total. The van der Waals surface area contributed by atoms with Gasteiger partial charge in [0.1, 0.15) is 11.5 Å². The predicted molar refractivity (Wildman–Crippen MR) is 148 cm³/mol. The Kier molecular flexibility index (Phi) is 7.82. The molecular weight excluding hydrogens is 444 g/mol. The Bertz CT molecular complexity index is 1410. The summed E-state index contributed by atoms with van der Waals surface area (Å²) in [4.78, 5) is 10.9. The van der Waals surface area contributed by atoms with E-state index in [-0.39, 0.29) is 0 Å². The molecular formula is C33H30O3. The van der Waals surface area contributed by atoms with Gasteiger partial charge in [-0.15, -0.1) is 0 Å². The number of para-hydroxylation sites is 1. The highest BCUT2D eigenvalue weighted by Gasteiger charge is 2.15. The van der Waals surface area contributed by atoms with Gasteiger partial charge in [-0.25, -0.2) is 4.79 Å². The molecule has 0 saturated carbocycles. The van der Waals surface area contributed by atoms with Gasteiger partial charge < -0.3 is 9.84 Å². The number of ether oxygens (including phenoxy) is 1. The van der Waals surface area contributed by atoms with E-state index in [2.05, 4.69) is 63.2 Å². The summed E-state index contributed by atoms with van der Waals surface area (Å²) < 4.78 is 6.12. The maximum Gasteiger partial charge on any atom is 0.328 e. The molecule has 0 heterocycles. The van der Waals surface area contributed by atoms with Gasteiger partial charge in [-0.3, -0.25) is 0 Å². The van der Waals surface area contributed by atoms with Crippen LogP contribution in [0, 0.1) is 13.8 Å². The van der Waals surface area contributed by atoms with Crippen molar-refractivity contribution in [2.75, 3.05) is 0 Å². The predicted octanol–water partition coefficient (Wildman–Crippen LogP) is 8.56. The molecule has 0 amide bonds. The van der Waals surface area contributed by atoms with Crippen molar-refractivity contribution in [2.24, 2.45) is 0 Å². The summed E-state index contributed by atoms with van der Waals surface area (Å²) in [6.07, 6.45) is 3.60. The molecule has 36 heavy (non-hydrogen) atoms. The Hall–Kier alpha value is -4.37. The Morgan fingerprint density at radius 2 is 1.44 bits per heavy atom. The minimum absolute atomic E-state index is 0.790. The number of aryl methyl sites for hydroxylation is 2. The minimum atomic E-state index is -0.958. The second kappa shape index (κ2) is 11.4. The Balaban J connectivity index is 1.84. The summed E-state index contributed by atoms with van der Waals surface area (Å²) in [5.41, 5.74) is 9.05. The Labute approximate surface area is 213 Å². The molecule has 4 aromatic rings. The first-order chi connectivity index (χ1) is 17.4. The molecule has 4 aromatic carbocycles. The first-order valence-corrected chi connectivity index (χ1v) is 12.1. The zero-order valence-electron chi connectivity index (χ0n) is 20.9. The van der Waals surface area contributed by atoms with Gasteiger partial charge in [-0.05, 0) is 95.1 Å². The second-order valence-corrected chi connectivity index (χ2v) is 8.74. The average molecular weight is 475 g/mol. The first-order valence-electron chi connectivity index (χ1n) is 12.1. The molecule has 3 heteroatoms. The van der Waals surface area contributed by atoms with E-state index in [1.165, 1.54) is 16.7 Å². The van der Waals surface area contributed by atoms with E-state index in [0.717, 1.165) is 51.8 Å². The van der Waals surface area contributed by atoms with Crippen molar-refractivity contribution < 1.29 is 14.6 Å². The topological polar surface area (TPSA) is 46.5 Å². The van der Waals surface area contributed by atoms with Crippen molar-refractivity contribution >= 4 is 23.2 Å². The number of hydrogen-bond acceptors (Lipinski definition) is 2. The number of allylic oxidation sites excluding steroid dienone is 1. The lowest BCUT2D eigenvalue weighted by Crippen LogP contribution is -1.97. The monoisotopic (exact) mass is 474 g/mol. The number of aliphatic carboxylic acids is 1. The zero-order chi connectivity index (χ0) is 25.5. The molecule has 180 valence electrons. The molecule has 0 aliphatic heterocycles. The molecule has 0 spiro atoms. The van der Waals surface area contributed by atoms with Crippen molar-refractivity contribution in [3.8, 4) is 11.5 Å². The van der Waals surface area contributed by atoms with E-state index < -0.39 is 5.97 Å². The number of carboxylic acid groups (broad SMARTS) is 1. The van der Waals surface area contributed by atoms with Gasteiger partial charge in [0.15, 0.2) is 0 Å². The highest BCUT2D eigenvalue weighted by Crippen LogP contribution is 2.36. The van der Waals surface area contributed by atoms with Gasteiger partial charge in [0.2, 0.25) is 0 Å². The Morgan fingerprint density at radius 3 is 2.11 bits per heavy atom. The lowest BCUT2D eigenvalue weighted by molar-refractivity contribution is -0.131. The molecule has 0 bridgehead atoms. The van der Waals surface area contributed by atoms with Crippen LogP contribution in [0.5, 0.6) is 11.5 Å². The first kappa shape index (κ1) is 24.7. The summed E-state index contributed by atoms with van der Waals surface area (Å²) in [5, 5.41) is 8.96. The van der Waals surface area contributed by atoms with Crippen LogP contribution in [0.2, 0.25) is 0 Å². The molecule has 0 aliphatic carbocycles. The summed E-state index contributed by atoms with van der Waals surface area (Å²) >= 11 is 0. The van der Waals surface area contributed by atoms with E-state index >= 15 is 0 Å². The number of carbonyl (C=O) groups is 1. The smallest absolute Gasteiger partial charge is 0.328 e. The maximum absolute atomic E-state index is 10.9. The van der Waals surface area contributed by atoms with Gasteiger partial charge in [-0.2, -0.15) is 0 Å². The molecule has 4 rings (SSSR count). The molecule has 0 unspecified atom stereocenters. The highest BCUT2D eigenvalue weighted by atomic mass is 16.5. The molecule has 0 atom stereocenters. The third kappa shape index (κ3) is 6.00. The van der Waals surface area contributed by atoms with E-state index in [4.69, 9.17) is 9.84 Å². The normalized spacial score (nSPS) is 11.9. The van der Waals surface area contributed by atoms with E-state index in [1.807, 2.05) is 54.6 Å². The van der Waals surface area contributed by atoms with Crippen LogP contribution in [0.3, 0.4) is 0 Å². The molecule has 0 aliphatic rings. The number of rotatable bonds is 8. The molecule has 0 fully saturated rings. The SMILES string of the molecule is CC/C(=C(/c1ccc(/C=C/C(=O)O)cc1)c1ccc(C)c(C)c1)c1cccc(Oc2ccccc2)c1. The van der Waals surface area contributed by atoms with Gasteiger partial charge >= 0.3 is 5.97 Å². The van der Waals surface area contributed by atoms with Crippen LogP contribution in [0.4, 0.5) is 0 Å². The third-order valence-corrected chi connectivity index (χ3v) is 6.23. The maximum atomic E-state index is 10.9. The largest absolute Gasteiger partial charge is 0.478 e. The van der Waals surface area contributed by atoms with Gasteiger partial charge in [0.25, 0.3) is 0 Å². The van der Waals surface area contributed by atoms with Crippen LogP contribution in [-0.2, 0) is 4.79 Å². The number of carboxylic acids is 1. The fourth-order valence-corrected chi connectivity index (χ4v) is 4.24. The summed E-state index contributed by atoms with van der Waals surface area (Å²) in [6.45, 7) is 6.43. The summed E-state index contributed by atoms with van der Waals surface area (Å²) in [7, 11) is 0. The van der Waals surface area contributed by atoms with Gasteiger partial charge in [0, 0.05) is 6.08 Å². The fourth-order valence-electron chi connectivity index (χ4n) is 4.24. The summed E-state index contributed by atoms with van der Waals surface area (Å²) in [6, 6.07) is 32.6. The van der Waals surface area contributed by atoms with Crippen molar-refractivity contribution in [2.45, 2.75) is 27.2 Å². The van der Waals surface area contributed by atoms with Gasteiger partial charge in [0.05, 0.1) is 0 Å². The Morgan fingerprint density at radius 1 is 0.750 bits per heavy atom. The quantitative estimate of drug-likeness (QED) is 0.205. The van der Waals surface area contributed by atoms with Crippen LogP contribution in [0.15, 0.2) is 103 Å². The van der Waals surface area contributed by atoms with E-state index in [9.17, 15) is 4.79 Å². The van der Waals surface area contributed by atoms with Crippen LogP contribution in [0.1, 0.15) is 46.7 Å². The fraction of sp³-hybridized carbons (Fsp3) is 0.121. The van der Waals surface area contributed by atoms with Crippen molar-refractivity contribution in [3.63, 3.8) is 0 Å². The number of benzene rings is 4. The third-order valence-electron chi connectivity index (χ3n) is 6.23. The van der Waals surface area contributed by atoms with Crippen molar-refractivity contribution in [3.05, 3.63) is 137 Å². The van der Waals surface area contributed by atoms with Crippen molar-refractivity contribution in [1.29, 1.82) is 0 Å². The highest BCUT2D eigenvalue weighted by molar-refractivity contribution is 5.99. The lowest BCUT2D eigenvalue weighted by Gasteiger charge is -2.18. The van der Waals surface area contributed by atoms with Crippen LogP contribution in [-0.4, -0.2) is 11.1 Å². The summed E-state index contributed by atoms with van der Waals surface area (Å²) in [5.74, 6) is 0.634. The van der Waals surface area contributed by atoms with Crippen LogP contribution < -0.4 is 4.74 Å².